The van der Waals surface area contributed by atoms with Crippen molar-refractivity contribution in [3.8, 4) is 0 Å². The third kappa shape index (κ3) is 2.97. The molecule has 0 amide bonds. The van der Waals surface area contributed by atoms with Crippen LogP contribution in [0.25, 0.3) is 0 Å². The van der Waals surface area contributed by atoms with Crippen LogP contribution in [-0.4, -0.2) is 39.4 Å². The van der Waals surface area contributed by atoms with E-state index in [4.69, 9.17) is 9.47 Å². The summed E-state index contributed by atoms with van der Waals surface area (Å²) in [6, 6.07) is 1.20. The fourth-order valence-corrected chi connectivity index (χ4v) is 2.07. The van der Waals surface area contributed by atoms with Gasteiger partial charge in [0.05, 0.1) is 6.61 Å². The Hall–Kier alpha value is -1.93. The fourth-order valence-electron chi connectivity index (χ4n) is 2.07. The highest BCUT2D eigenvalue weighted by molar-refractivity contribution is 5.69. The molecule has 8 nitrogen and oxygen atoms in total. The lowest BCUT2D eigenvalue weighted by molar-refractivity contribution is -0.152. The molecule has 1 aromatic rings. The van der Waals surface area contributed by atoms with Gasteiger partial charge in [0.1, 0.15) is 18.4 Å². The van der Waals surface area contributed by atoms with Gasteiger partial charge in [0.2, 0.25) is 0 Å². The first kappa shape index (κ1) is 14.5. The van der Waals surface area contributed by atoms with Gasteiger partial charge in [-0.05, 0) is 0 Å². The summed E-state index contributed by atoms with van der Waals surface area (Å²) < 4.78 is 11.9. The second-order valence-corrected chi connectivity index (χ2v) is 4.45. The SMILES string of the molecule is CCC(=O)OC1C[C@H](n2ccc(=O)[nH]c2=O)O[C@@H]1CO. The number of aromatic amines is 1. The van der Waals surface area contributed by atoms with Crippen molar-refractivity contribution in [1.29, 1.82) is 0 Å². The Balaban J connectivity index is 2.17. The summed E-state index contributed by atoms with van der Waals surface area (Å²) in [5, 5.41) is 9.24. The van der Waals surface area contributed by atoms with Crippen LogP contribution in [0.2, 0.25) is 0 Å². The molecule has 0 saturated carbocycles. The maximum atomic E-state index is 11.7. The molecule has 1 aromatic heterocycles. The van der Waals surface area contributed by atoms with Crippen molar-refractivity contribution in [2.75, 3.05) is 6.61 Å². The molecule has 1 saturated heterocycles. The van der Waals surface area contributed by atoms with Crippen LogP contribution in [0.4, 0.5) is 0 Å². The molecular weight excluding hydrogens is 268 g/mol. The smallest absolute Gasteiger partial charge is 0.330 e. The molecule has 0 aliphatic carbocycles. The van der Waals surface area contributed by atoms with E-state index in [9.17, 15) is 19.5 Å². The van der Waals surface area contributed by atoms with Crippen LogP contribution in [0.5, 0.6) is 0 Å². The van der Waals surface area contributed by atoms with E-state index < -0.39 is 35.7 Å². The minimum Gasteiger partial charge on any atom is -0.459 e. The normalized spacial score (nSPS) is 25.6. The van der Waals surface area contributed by atoms with E-state index in [1.54, 1.807) is 6.92 Å². The van der Waals surface area contributed by atoms with E-state index in [0.717, 1.165) is 0 Å². The lowest BCUT2D eigenvalue weighted by Gasteiger charge is -2.15. The monoisotopic (exact) mass is 284 g/mol. The summed E-state index contributed by atoms with van der Waals surface area (Å²) in [5.41, 5.74) is -1.11. The van der Waals surface area contributed by atoms with Gasteiger partial charge in [-0.25, -0.2) is 4.79 Å². The standard InChI is InChI=1S/C12H16N2O6/c1-2-11(17)20-7-5-10(19-8(7)6-15)14-4-3-9(16)13-12(14)18/h3-4,7-8,10,15H,2,5-6H2,1H3,(H,13,16,18)/t7?,8-,10-/m1/s1. The number of esters is 1. The summed E-state index contributed by atoms with van der Waals surface area (Å²) in [7, 11) is 0. The number of hydrogen-bond donors (Lipinski definition) is 2. The molecule has 1 aliphatic heterocycles. The average molecular weight is 284 g/mol. The number of carbonyl (C=O) groups is 1. The van der Waals surface area contributed by atoms with Gasteiger partial charge < -0.3 is 14.6 Å². The van der Waals surface area contributed by atoms with Crippen molar-refractivity contribution in [3.63, 3.8) is 0 Å². The predicted octanol–water partition coefficient (Wildman–Crippen LogP) is -0.862. The number of nitrogens with zero attached hydrogens (tertiary/aromatic N) is 1. The van der Waals surface area contributed by atoms with Gasteiger partial charge in [0, 0.05) is 25.1 Å². The molecule has 1 aliphatic rings. The van der Waals surface area contributed by atoms with Crippen LogP contribution in [0.3, 0.4) is 0 Å². The van der Waals surface area contributed by atoms with Crippen molar-refractivity contribution in [2.24, 2.45) is 0 Å². The van der Waals surface area contributed by atoms with Gasteiger partial charge in [-0.2, -0.15) is 0 Å². The number of aromatic nitrogens is 2. The third-order valence-corrected chi connectivity index (χ3v) is 3.09. The number of rotatable bonds is 4. The van der Waals surface area contributed by atoms with E-state index in [1.807, 2.05) is 0 Å². The zero-order valence-corrected chi connectivity index (χ0v) is 10.9. The maximum absolute atomic E-state index is 11.7. The van der Waals surface area contributed by atoms with Crippen molar-refractivity contribution in [3.05, 3.63) is 33.1 Å². The number of carbonyl (C=O) groups excluding carboxylic acids is 1. The van der Waals surface area contributed by atoms with Crippen molar-refractivity contribution in [1.82, 2.24) is 9.55 Å². The van der Waals surface area contributed by atoms with Crippen molar-refractivity contribution >= 4 is 5.97 Å². The summed E-state index contributed by atoms with van der Waals surface area (Å²) in [5.74, 6) is -0.397. The minimum absolute atomic E-state index is 0.220. The Kier molecular flexibility index (Phi) is 4.35. The number of H-pyrrole nitrogens is 1. The highest BCUT2D eigenvalue weighted by Gasteiger charge is 2.38. The van der Waals surface area contributed by atoms with Crippen molar-refractivity contribution < 1.29 is 19.4 Å². The molecule has 2 N–H and O–H groups in total. The van der Waals surface area contributed by atoms with Crippen LogP contribution >= 0.6 is 0 Å². The molecule has 0 bridgehead atoms. The van der Waals surface area contributed by atoms with Crippen LogP contribution in [0.15, 0.2) is 21.9 Å². The highest BCUT2D eigenvalue weighted by atomic mass is 16.6. The molecule has 8 heteroatoms. The van der Waals surface area contributed by atoms with E-state index in [0.29, 0.717) is 0 Å². The Morgan fingerprint density at radius 3 is 2.95 bits per heavy atom. The summed E-state index contributed by atoms with van der Waals surface area (Å²) in [6.07, 6.45) is -0.220. The largest absolute Gasteiger partial charge is 0.459 e. The van der Waals surface area contributed by atoms with E-state index in [2.05, 4.69) is 4.98 Å². The number of ether oxygens (including phenoxy) is 2. The highest BCUT2D eigenvalue weighted by Crippen LogP contribution is 2.29. The first-order chi connectivity index (χ1) is 9.55. The molecule has 0 aromatic carbocycles. The molecule has 1 fully saturated rings. The second kappa shape index (κ2) is 6.02. The topological polar surface area (TPSA) is 111 Å². The Morgan fingerprint density at radius 1 is 1.60 bits per heavy atom. The van der Waals surface area contributed by atoms with Gasteiger partial charge in [0.15, 0.2) is 0 Å². The number of nitrogens with one attached hydrogen (secondary N) is 1. The molecule has 2 rings (SSSR count). The van der Waals surface area contributed by atoms with Crippen LogP contribution < -0.4 is 11.2 Å². The summed E-state index contributed by atoms with van der Waals surface area (Å²) in [6.45, 7) is 1.34. The summed E-state index contributed by atoms with van der Waals surface area (Å²) in [4.78, 5) is 36.1. The van der Waals surface area contributed by atoms with Crippen molar-refractivity contribution in [2.45, 2.75) is 38.2 Å². The van der Waals surface area contributed by atoms with E-state index in [-0.39, 0.29) is 19.4 Å². The maximum Gasteiger partial charge on any atom is 0.330 e. The third-order valence-electron chi connectivity index (χ3n) is 3.09. The Bertz CT molecular complexity index is 592. The van der Waals surface area contributed by atoms with E-state index >= 15 is 0 Å². The van der Waals surface area contributed by atoms with E-state index in [1.165, 1.54) is 16.8 Å². The molecule has 110 valence electrons. The molecule has 0 radical (unpaired) electrons. The average Bonchev–Trinajstić information content (AvgIpc) is 2.81. The molecule has 1 unspecified atom stereocenters. The lowest BCUT2D eigenvalue weighted by atomic mass is 10.2. The Labute approximate surface area is 114 Å². The molecule has 20 heavy (non-hydrogen) atoms. The van der Waals surface area contributed by atoms with Crippen LogP contribution in [-0.2, 0) is 14.3 Å². The summed E-state index contributed by atoms with van der Waals surface area (Å²) >= 11 is 0. The first-order valence-electron chi connectivity index (χ1n) is 6.32. The quantitative estimate of drug-likeness (QED) is 0.696. The van der Waals surface area contributed by atoms with Gasteiger partial charge >= 0.3 is 11.7 Å². The lowest BCUT2D eigenvalue weighted by Crippen LogP contribution is -2.31. The Morgan fingerprint density at radius 2 is 2.35 bits per heavy atom. The first-order valence-corrected chi connectivity index (χ1v) is 6.32. The van der Waals surface area contributed by atoms with Crippen LogP contribution in [0, 0.1) is 0 Å². The molecule has 3 atom stereocenters. The number of aliphatic hydroxyl groups excluding tert-OH is 1. The van der Waals surface area contributed by atoms with Crippen LogP contribution in [0.1, 0.15) is 26.0 Å². The fraction of sp³-hybridized carbons (Fsp3) is 0.583. The predicted molar refractivity (Wildman–Crippen MR) is 67.1 cm³/mol. The van der Waals surface area contributed by atoms with Gasteiger partial charge in [0.25, 0.3) is 5.56 Å². The zero-order chi connectivity index (χ0) is 14.7. The van der Waals surface area contributed by atoms with Gasteiger partial charge in [-0.15, -0.1) is 0 Å². The minimum atomic E-state index is -0.689. The van der Waals surface area contributed by atoms with Gasteiger partial charge in [-0.3, -0.25) is 19.1 Å². The number of hydrogen-bond acceptors (Lipinski definition) is 6. The van der Waals surface area contributed by atoms with Gasteiger partial charge in [-0.1, -0.05) is 6.92 Å². The molecule has 2 heterocycles. The zero-order valence-electron chi connectivity index (χ0n) is 10.9. The second-order valence-electron chi connectivity index (χ2n) is 4.45. The number of aliphatic hydroxyl groups is 1. The molecule has 0 spiro atoms. The molecular formula is C12H16N2O6.